The SMILES string of the molecule is C#CCC(CC)Nc1ccc(C#N)c([N+](=O)[O-])c1. The fourth-order valence-corrected chi connectivity index (χ4v) is 1.54. The molecular formula is C13H13N3O2. The second kappa shape index (κ2) is 6.27. The second-order valence-corrected chi connectivity index (χ2v) is 3.76. The third kappa shape index (κ3) is 3.23. The van der Waals surface area contributed by atoms with Gasteiger partial charge in [-0.05, 0) is 18.6 Å². The van der Waals surface area contributed by atoms with E-state index in [9.17, 15) is 10.1 Å². The average Bonchev–Trinajstić information content (AvgIpc) is 2.38. The summed E-state index contributed by atoms with van der Waals surface area (Å²) in [5.74, 6) is 2.55. The van der Waals surface area contributed by atoms with Crippen LogP contribution in [0.5, 0.6) is 0 Å². The highest BCUT2D eigenvalue weighted by molar-refractivity contribution is 5.59. The summed E-state index contributed by atoms with van der Waals surface area (Å²) in [6, 6.07) is 6.30. The van der Waals surface area contributed by atoms with Crippen LogP contribution in [0.3, 0.4) is 0 Å². The van der Waals surface area contributed by atoms with Crippen molar-refractivity contribution in [2.45, 2.75) is 25.8 Å². The Hall–Kier alpha value is -2.53. The summed E-state index contributed by atoms with van der Waals surface area (Å²) >= 11 is 0. The Morgan fingerprint density at radius 1 is 1.61 bits per heavy atom. The average molecular weight is 243 g/mol. The molecule has 0 bridgehead atoms. The van der Waals surface area contributed by atoms with Crippen LogP contribution < -0.4 is 5.32 Å². The van der Waals surface area contributed by atoms with E-state index in [4.69, 9.17) is 11.7 Å². The van der Waals surface area contributed by atoms with Crippen LogP contribution >= 0.6 is 0 Å². The van der Waals surface area contributed by atoms with E-state index >= 15 is 0 Å². The lowest BCUT2D eigenvalue weighted by molar-refractivity contribution is -0.385. The van der Waals surface area contributed by atoms with Gasteiger partial charge < -0.3 is 5.32 Å². The van der Waals surface area contributed by atoms with Crippen LogP contribution in [0.25, 0.3) is 0 Å². The smallest absolute Gasteiger partial charge is 0.289 e. The molecule has 0 spiro atoms. The molecule has 1 rings (SSSR count). The van der Waals surface area contributed by atoms with E-state index in [1.165, 1.54) is 12.1 Å². The number of nitrogens with one attached hydrogen (secondary N) is 1. The molecule has 18 heavy (non-hydrogen) atoms. The third-order valence-corrected chi connectivity index (χ3v) is 2.54. The molecule has 0 saturated carbocycles. The highest BCUT2D eigenvalue weighted by Gasteiger charge is 2.15. The zero-order valence-electron chi connectivity index (χ0n) is 10.0. The maximum Gasteiger partial charge on any atom is 0.289 e. The summed E-state index contributed by atoms with van der Waals surface area (Å²) in [4.78, 5) is 10.2. The van der Waals surface area contributed by atoms with Crippen LogP contribution in [0.2, 0.25) is 0 Å². The van der Waals surface area contributed by atoms with Crippen molar-refractivity contribution in [1.29, 1.82) is 5.26 Å². The number of nitro benzene ring substituents is 1. The lowest BCUT2D eigenvalue weighted by atomic mass is 10.1. The van der Waals surface area contributed by atoms with Crippen LogP contribution in [-0.2, 0) is 0 Å². The first-order valence-corrected chi connectivity index (χ1v) is 5.50. The van der Waals surface area contributed by atoms with Gasteiger partial charge in [-0.15, -0.1) is 12.3 Å². The van der Waals surface area contributed by atoms with Crippen LogP contribution in [0.15, 0.2) is 18.2 Å². The molecule has 0 fully saturated rings. The zero-order valence-corrected chi connectivity index (χ0v) is 10.0. The van der Waals surface area contributed by atoms with E-state index in [1.54, 1.807) is 12.1 Å². The molecule has 5 nitrogen and oxygen atoms in total. The Kier molecular flexibility index (Phi) is 4.71. The lowest BCUT2D eigenvalue weighted by Gasteiger charge is -2.15. The maximum atomic E-state index is 10.8. The topological polar surface area (TPSA) is 79.0 Å². The summed E-state index contributed by atoms with van der Waals surface area (Å²) in [5.41, 5.74) is 0.455. The fraction of sp³-hybridized carbons (Fsp3) is 0.308. The summed E-state index contributed by atoms with van der Waals surface area (Å²) in [6.45, 7) is 1.98. The van der Waals surface area contributed by atoms with Crippen molar-refractivity contribution < 1.29 is 4.92 Å². The molecule has 92 valence electrons. The quantitative estimate of drug-likeness (QED) is 0.490. The Balaban J connectivity index is 2.99. The molecule has 0 heterocycles. The molecule has 0 aliphatic carbocycles. The zero-order chi connectivity index (χ0) is 13.5. The lowest BCUT2D eigenvalue weighted by Crippen LogP contribution is -2.17. The Morgan fingerprint density at radius 3 is 2.83 bits per heavy atom. The van der Waals surface area contributed by atoms with Gasteiger partial charge in [0.25, 0.3) is 5.69 Å². The fourth-order valence-electron chi connectivity index (χ4n) is 1.54. The van der Waals surface area contributed by atoms with E-state index in [0.29, 0.717) is 12.1 Å². The first kappa shape index (κ1) is 13.5. The van der Waals surface area contributed by atoms with Crippen molar-refractivity contribution in [3.05, 3.63) is 33.9 Å². The van der Waals surface area contributed by atoms with Gasteiger partial charge in [0, 0.05) is 24.2 Å². The van der Waals surface area contributed by atoms with Crippen molar-refractivity contribution in [3.63, 3.8) is 0 Å². The molecule has 0 aliphatic rings. The van der Waals surface area contributed by atoms with Gasteiger partial charge in [0.2, 0.25) is 0 Å². The minimum absolute atomic E-state index is 0.0514. The molecule has 0 radical (unpaired) electrons. The van der Waals surface area contributed by atoms with Gasteiger partial charge >= 0.3 is 0 Å². The number of hydrogen-bond donors (Lipinski definition) is 1. The standard InChI is InChI=1S/C13H13N3O2/c1-3-5-11(4-2)15-12-7-6-10(9-14)13(8-12)16(17)18/h1,6-8,11,15H,4-5H2,2H3. The van der Waals surface area contributed by atoms with Gasteiger partial charge in [0.05, 0.1) is 4.92 Å². The highest BCUT2D eigenvalue weighted by atomic mass is 16.6. The van der Waals surface area contributed by atoms with E-state index < -0.39 is 4.92 Å². The number of anilines is 1. The molecule has 1 aromatic rings. The van der Waals surface area contributed by atoms with Gasteiger partial charge in [-0.3, -0.25) is 10.1 Å². The second-order valence-electron chi connectivity index (χ2n) is 3.76. The van der Waals surface area contributed by atoms with Gasteiger partial charge in [0.1, 0.15) is 11.6 Å². The van der Waals surface area contributed by atoms with Crippen molar-refractivity contribution in [2.75, 3.05) is 5.32 Å². The molecular weight excluding hydrogens is 230 g/mol. The first-order valence-electron chi connectivity index (χ1n) is 5.50. The summed E-state index contributed by atoms with van der Waals surface area (Å²) in [5, 5.41) is 22.7. The predicted octanol–water partition coefficient (Wildman–Crippen LogP) is 2.68. The first-order chi connectivity index (χ1) is 8.62. The maximum absolute atomic E-state index is 10.8. The molecule has 1 atom stereocenters. The number of hydrogen-bond acceptors (Lipinski definition) is 4. The minimum Gasteiger partial charge on any atom is -0.381 e. The largest absolute Gasteiger partial charge is 0.381 e. The molecule has 5 heteroatoms. The molecule has 1 N–H and O–H groups in total. The van der Waals surface area contributed by atoms with Gasteiger partial charge in [-0.25, -0.2) is 0 Å². The Morgan fingerprint density at radius 2 is 2.33 bits per heavy atom. The van der Waals surface area contributed by atoms with Crippen LogP contribution in [0.4, 0.5) is 11.4 Å². The molecule has 0 aromatic heterocycles. The summed E-state index contributed by atoms with van der Waals surface area (Å²) in [6.07, 6.45) is 6.60. The van der Waals surface area contributed by atoms with Crippen molar-refractivity contribution in [3.8, 4) is 18.4 Å². The number of terminal acetylenes is 1. The van der Waals surface area contributed by atoms with Gasteiger partial charge in [-0.1, -0.05) is 6.92 Å². The third-order valence-electron chi connectivity index (χ3n) is 2.54. The normalized spacial score (nSPS) is 11.1. The van der Waals surface area contributed by atoms with Crippen molar-refractivity contribution in [2.24, 2.45) is 0 Å². The van der Waals surface area contributed by atoms with E-state index in [1.807, 2.05) is 6.92 Å². The van der Waals surface area contributed by atoms with Gasteiger partial charge in [-0.2, -0.15) is 5.26 Å². The van der Waals surface area contributed by atoms with Crippen molar-refractivity contribution >= 4 is 11.4 Å². The van der Waals surface area contributed by atoms with Gasteiger partial charge in [0.15, 0.2) is 0 Å². The number of nitriles is 1. The number of benzene rings is 1. The van der Waals surface area contributed by atoms with Crippen LogP contribution in [-0.4, -0.2) is 11.0 Å². The van der Waals surface area contributed by atoms with E-state index in [2.05, 4.69) is 11.2 Å². The molecule has 0 saturated heterocycles. The minimum atomic E-state index is -0.564. The van der Waals surface area contributed by atoms with Crippen LogP contribution in [0, 0.1) is 33.8 Å². The summed E-state index contributed by atoms with van der Waals surface area (Å²) < 4.78 is 0. The highest BCUT2D eigenvalue weighted by Crippen LogP contribution is 2.23. The molecule has 0 aliphatic heterocycles. The Bertz CT molecular complexity index is 526. The van der Waals surface area contributed by atoms with Crippen molar-refractivity contribution in [1.82, 2.24) is 0 Å². The Labute approximate surface area is 106 Å². The van der Waals surface area contributed by atoms with E-state index in [-0.39, 0.29) is 17.3 Å². The number of rotatable bonds is 5. The number of nitro groups is 1. The number of nitrogens with zero attached hydrogens (tertiary/aromatic N) is 2. The molecule has 1 aromatic carbocycles. The molecule has 0 amide bonds. The van der Waals surface area contributed by atoms with Crippen LogP contribution in [0.1, 0.15) is 25.3 Å². The molecule has 1 unspecified atom stereocenters. The predicted molar refractivity (Wildman–Crippen MR) is 69.0 cm³/mol. The monoisotopic (exact) mass is 243 g/mol. The van der Waals surface area contributed by atoms with E-state index in [0.717, 1.165) is 6.42 Å². The summed E-state index contributed by atoms with van der Waals surface area (Å²) in [7, 11) is 0.